The minimum Gasteiger partial charge on any atom is -0.269 e. The molecule has 0 fully saturated rings. The summed E-state index contributed by atoms with van der Waals surface area (Å²) in [5.41, 5.74) is 1.15. The van der Waals surface area contributed by atoms with Gasteiger partial charge in [-0.15, -0.1) is 10.2 Å². The van der Waals surface area contributed by atoms with Gasteiger partial charge in [0.05, 0.1) is 16.7 Å². The summed E-state index contributed by atoms with van der Waals surface area (Å²) in [5, 5.41) is 9.37. The molecule has 0 saturated heterocycles. The molecule has 0 N–H and O–H groups in total. The smallest absolute Gasteiger partial charge is 0.255 e. The molecule has 1 aromatic carbocycles. The minimum absolute atomic E-state index is 0.292. The standard InChI is InChI=1S/C15H9ClFN5/c16-11-7-19-15-21-20-14(22(15)8-11)5-10-4-9-2-1-3-18-13(9)6-12(10)17/h1-4,6-8H,5H2. The first kappa shape index (κ1) is 13.1. The van der Waals surface area contributed by atoms with Crippen molar-refractivity contribution in [2.45, 2.75) is 6.42 Å². The monoisotopic (exact) mass is 313 g/mol. The lowest BCUT2D eigenvalue weighted by Crippen LogP contribution is -2.00. The molecule has 3 aromatic heterocycles. The topological polar surface area (TPSA) is 56.0 Å². The van der Waals surface area contributed by atoms with Gasteiger partial charge in [0.25, 0.3) is 5.78 Å². The first-order valence-corrected chi connectivity index (χ1v) is 6.97. The van der Waals surface area contributed by atoms with Crippen LogP contribution in [0.1, 0.15) is 11.4 Å². The lowest BCUT2D eigenvalue weighted by Gasteiger charge is -2.05. The van der Waals surface area contributed by atoms with Crippen LogP contribution in [0.15, 0.2) is 42.9 Å². The number of hydrogen-bond donors (Lipinski definition) is 0. The Morgan fingerprint density at radius 1 is 1.18 bits per heavy atom. The van der Waals surface area contributed by atoms with E-state index in [9.17, 15) is 4.39 Å². The fraction of sp³-hybridized carbons (Fsp3) is 0.0667. The molecule has 0 aliphatic rings. The van der Waals surface area contributed by atoms with Crippen LogP contribution in [0.3, 0.4) is 0 Å². The highest BCUT2D eigenvalue weighted by Crippen LogP contribution is 2.20. The summed E-state index contributed by atoms with van der Waals surface area (Å²) in [6, 6.07) is 6.92. The maximum atomic E-state index is 14.3. The summed E-state index contributed by atoms with van der Waals surface area (Å²) in [7, 11) is 0. The predicted molar refractivity (Wildman–Crippen MR) is 80.3 cm³/mol. The predicted octanol–water partition coefficient (Wildman–Crippen LogP) is 3.06. The molecule has 4 rings (SSSR count). The third kappa shape index (κ3) is 2.17. The van der Waals surface area contributed by atoms with Crippen LogP contribution in [0.5, 0.6) is 0 Å². The molecule has 0 unspecified atom stereocenters. The number of pyridine rings is 1. The van der Waals surface area contributed by atoms with E-state index >= 15 is 0 Å². The lowest BCUT2D eigenvalue weighted by molar-refractivity contribution is 0.613. The lowest BCUT2D eigenvalue weighted by atomic mass is 10.1. The van der Waals surface area contributed by atoms with Crippen molar-refractivity contribution in [3.8, 4) is 0 Å². The summed E-state index contributed by atoms with van der Waals surface area (Å²) in [6.07, 6.45) is 5.10. The van der Waals surface area contributed by atoms with Gasteiger partial charge in [-0.1, -0.05) is 17.7 Å². The van der Waals surface area contributed by atoms with Gasteiger partial charge in [0.1, 0.15) is 11.6 Å². The molecular weight excluding hydrogens is 305 g/mol. The zero-order valence-corrected chi connectivity index (χ0v) is 12.0. The Balaban J connectivity index is 1.82. The third-order valence-electron chi connectivity index (χ3n) is 3.42. The maximum absolute atomic E-state index is 14.3. The second-order valence-corrected chi connectivity index (χ2v) is 5.31. The molecule has 22 heavy (non-hydrogen) atoms. The average Bonchev–Trinajstić information content (AvgIpc) is 2.90. The number of nitrogens with zero attached hydrogens (tertiary/aromatic N) is 5. The van der Waals surface area contributed by atoms with E-state index in [0.29, 0.717) is 34.1 Å². The van der Waals surface area contributed by atoms with Crippen molar-refractivity contribution >= 4 is 28.3 Å². The summed E-state index contributed by atoms with van der Waals surface area (Å²) in [4.78, 5) is 8.21. The van der Waals surface area contributed by atoms with Gasteiger partial charge in [-0.25, -0.2) is 9.37 Å². The third-order valence-corrected chi connectivity index (χ3v) is 3.62. The van der Waals surface area contributed by atoms with Gasteiger partial charge < -0.3 is 0 Å². The van der Waals surface area contributed by atoms with Crippen molar-refractivity contribution in [2.24, 2.45) is 0 Å². The van der Waals surface area contributed by atoms with E-state index in [0.717, 1.165) is 5.39 Å². The highest BCUT2D eigenvalue weighted by molar-refractivity contribution is 6.30. The van der Waals surface area contributed by atoms with Gasteiger partial charge in [-0.2, -0.15) is 0 Å². The van der Waals surface area contributed by atoms with Crippen LogP contribution < -0.4 is 0 Å². The van der Waals surface area contributed by atoms with Crippen LogP contribution in [0, 0.1) is 5.82 Å². The first-order valence-electron chi connectivity index (χ1n) is 6.59. The molecule has 0 atom stereocenters. The highest BCUT2D eigenvalue weighted by atomic mass is 35.5. The van der Waals surface area contributed by atoms with Gasteiger partial charge in [-0.05, 0) is 17.7 Å². The van der Waals surface area contributed by atoms with Crippen LogP contribution in [0.25, 0.3) is 16.7 Å². The molecule has 0 saturated carbocycles. The van der Waals surface area contributed by atoms with E-state index < -0.39 is 0 Å². The molecule has 0 radical (unpaired) electrons. The summed E-state index contributed by atoms with van der Waals surface area (Å²) in [6.45, 7) is 0. The first-order chi connectivity index (χ1) is 10.7. The Hall–Kier alpha value is -2.60. The molecule has 108 valence electrons. The van der Waals surface area contributed by atoms with E-state index in [1.54, 1.807) is 22.9 Å². The van der Waals surface area contributed by atoms with Gasteiger partial charge in [0, 0.05) is 30.3 Å². The summed E-state index contributed by atoms with van der Waals surface area (Å²) in [5.74, 6) is 0.687. The molecule has 0 amide bonds. The Morgan fingerprint density at radius 3 is 3.00 bits per heavy atom. The number of hydrogen-bond acceptors (Lipinski definition) is 4. The van der Waals surface area contributed by atoms with E-state index in [4.69, 9.17) is 11.6 Å². The molecule has 3 heterocycles. The van der Waals surface area contributed by atoms with Gasteiger partial charge in [-0.3, -0.25) is 9.38 Å². The van der Waals surface area contributed by atoms with E-state index in [2.05, 4.69) is 20.2 Å². The number of rotatable bonds is 2. The summed E-state index contributed by atoms with van der Waals surface area (Å²) < 4.78 is 15.9. The zero-order valence-electron chi connectivity index (χ0n) is 11.2. The second-order valence-electron chi connectivity index (χ2n) is 4.87. The Kier molecular flexibility index (Phi) is 2.97. The molecule has 7 heteroatoms. The number of halogens is 2. The fourth-order valence-electron chi connectivity index (χ4n) is 2.38. The Labute approximate surface area is 129 Å². The molecule has 0 aliphatic carbocycles. The van der Waals surface area contributed by atoms with Crippen molar-refractivity contribution in [3.05, 3.63) is 65.1 Å². The van der Waals surface area contributed by atoms with Crippen LogP contribution in [0.2, 0.25) is 5.02 Å². The Morgan fingerprint density at radius 2 is 2.09 bits per heavy atom. The Bertz CT molecular complexity index is 998. The number of benzene rings is 1. The minimum atomic E-state index is -0.321. The van der Waals surface area contributed by atoms with Gasteiger partial charge in [0.15, 0.2) is 0 Å². The van der Waals surface area contributed by atoms with Crippen molar-refractivity contribution in [2.75, 3.05) is 0 Å². The van der Waals surface area contributed by atoms with Gasteiger partial charge >= 0.3 is 0 Å². The normalized spacial score (nSPS) is 11.4. The molecule has 5 nitrogen and oxygen atoms in total. The van der Waals surface area contributed by atoms with Crippen LogP contribution in [-0.4, -0.2) is 24.6 Å². The SMILES string of the molecule is Fc1cc2ncccc2cc1Cc1nnc2ncc(Cl)cn12. The largest absolute Gasteiger partial charge is 0.269 e. The molecular formula is C15H9ClFN5. The fourth-order valence-corrected chi connectivity index (χ4v) is 2.53. The quantitative estimate of drug-likeness (QED) is 0.571. The number of aromatic nitrogens is 5. The molecule has 0 bridgehead atoms. The van der Waals surface area contributed by atoms with E-state index in [1.807, 2.05) is 12.1 Å². The zero-order chi connectivity index (χ0) is 15.1. The van der Waals surface area contributed by atoms with Crippen molar-refractivity contribution in [3.63, 3.8) is 0 Å². The highest BCUT2D eigenvalue weighted by Gasteiger charge is 2.12. The van der Waals surface area contributed by atoms with Crippen LogP contribution >= 0.6 is 11.6 Å². The van der Waals surface area contributed by atoms with Crippen molar-refractivity contribution < 1.29 is 4.39 Å². The average molecular weight is 314 g/mol. The maximum Gasteiger partial charge on any atom is 0.255 e. The molecule has 4 aromatic rings. The van der Waals surface area contributed by atoms with E-state index in [-0.39, 0.29) is 5.82 Å². The number of fused-ring (bicyclic) bond motifs is 2. The van der Waals surface area contributed by atoms with Gasteiger partial charge in [0.2, 0.25) is 0 Å². The van der Waals surface area contributed by atoms with Crippen LogP contribution in [-0.2, 0) is 6.42 Å². The van der Waals surface area contributed by atoms with Crippen LogP contribution in [0.4, 0.5) is 4.39 Å². The molecule has 0 spiro atoms. The second kappa shape index (κ2) is 4.99. The molecule has 0 aliphatic heterocycles. The summed E-state index contributed by atoms with van der Waals surface area (Å²) >= 11 is 5.94. The van der Waals surface area contributed by atoms with Crippen molar-refractivity contribution in [1.29, 1.82) is 0 Å². The van der Waals surface area contributed by atoms with E-state index in [1.165, 1.54) is 12.3 Å². The van der Waals surface area contributed by atoms with Crippen molar-refractivity contribution in [1.82, 2.24) is 24.6 Å².